The van der Waals surface area contributed by atoms with Crippen molar-refractivity contribution in [3.8, 4) is 5.75 Å². The number of carbonyl (C=O) groups excluding carboxylic acids is 1. The fourth-order valence-corrected chi connectivity index (χ4v) is 2.03. The van der Waals surface area contributed by atoms with E-state index in [-0.39, 0.29) is 5.91 Å². The summed E-state index contributed by atoms with van der Waals surface area (Å²) in [6.45, 7) is 4.42. The Kier molecular flexibility index (Phi) is 4.95. The Morgan fingerprint density at radius 3 is 2.62 bits per heavy atom. The van der Waals surface area contributed by atoms with Gasteiger partial charge in [0.15, 0.2) is 0 Å². The van der Waals surface area contributed by atoms with Gasteiger partial charge in [-0.05, 0) is 37.1 Å². The average Bonchev–Trinajstić information content (AvgIpc) is 2.50. The topological polar surface area (TPSA) is 64.3 Å². The second kappa shape index (κ2) is 6.90. The van der Waals surface area contributed by atoms with Gasteiger partial charge in [-0.2, -0.15) is 0 Å². The minimum absolute atomic E-state index is 0.258. The molecule has 0 unspecified atom stereocenters. The third-order valence-electron chi connectivity index (χ3n) is 3.14. The van der Waals surface area contributed by atoms with Gasteiger partial charge in [-0.15, -0.1) is 0 Å². The van der Waals surface area contributed by atoms with Crippen LogP contribution in [-0.4, -0.2) is 12.5 Å². The van der Waals surface area contributed by atoms with Gasteiger partial charge >= 0.3 is 0 Å². The minimum atomic E-state index is -0.707. The Morgan fingerprint density at radius 1 is 1.24 bits per heavy atom. The van der Waals surface area contributed by atoms with Gasteiger partial charge in [-0.3, -0.25) is 4.79 Å². The molecule has 0 aliphatic heterocycles. The van der Waals surface area contributed by atoms with Crippen LogP contribution in [0.5, 0.6) is 5.75 Å². The molecule has 0 fully saturated rings. The molecule has 2 aromatic rings. The molecule has 0 aromatic heterocycles. The number of ether oxygens (including phenoxy) is 1. The molecule has 2 aromatic carbocycles. The second-order valence-corrected chi connectivity index (χ2v) is 4.81. The van der Waals surface area contributed by atoms with E-state index >= 15 is 0 Å². The molecule has 1 atom stereocenters. The maximum atomic E-state index is 12.3. The van der Waals surface area contributed by atoms with E-state index in [0.29, 0.717) is 18.0 Å². The van der Waals surface area contributed by atoms with Crippen molar-refractivity contribution in [2.75, 3.05) is 11.9 Å². The first-order chi connectivity index (χ1) is 10.1. The number of rotatable bonds is 5. The van der Waals surface area contributed by atoms with Crippen LogP contribution < -0.4 is 15.8 Å². The zero-order valence-electron chi connectivity index (χ0n) is 12.3. The van der Waals surface area contributed by atoms with Crippen LogP contribution in [0.25, 0.3) is 0 Å². The minimum Gasteiger partial charge on any atom is -0.492 e. The van der Waals surface area contributed by atoms with E-state index in [1.54, 1.807) is 0 Å². The monoisotopic (exact) mass is 284 g/mol. The van der Waals surface area contributed by atoms with Gasteiger partial charge in [-0.1, -0.05) is 36.4 Å². The highest BCUT2D eigenvalue weighted by atomic mass is 16.5. The number of aryl methyl sites for hydroxylation is 1. The molecule has 0 radical (unpaired) electrons. The van der Waals surface area contributed by atoms with Gasteiger partial charge in [0.1, 0.15) is 11.8 Å². The highest BCUT2D eigenvalue weighted by molar-refractivity contribution is 5.96. The number of nitrogens with two attached hydrogens (primary N) is 1. The van der Waals surface area contributed by atoms with Crippen LogP contribution in [0.15, 0.2) is 48.5 Å². The third kappa shape index (κ3) is 3.83. The quantitative estimate of drug-likeness (QED) is 0.887. The number of benzene rings is 2. The van der Waals surface area contributed by atoms with Crippen LogP contribution in [0.2, 0.25) is 0 Å². The normalized spacial score (nSPS) is 11.8. The summed E-state index contributed by atoms with van der Waals surface area (Å²) in [7, 11) is 0. The molecule has 0 aliphatic carbocycles. The van der Waals surface area contributed by atoms with Crippen LogP contribution in [0.4, 0.5) is 5.69 Å². The van der Waals surface area contributed by atoms with Crippen molar-refractivity contribution < 1.29 is 9.53 Å². The lowest BCUT2D eigenvalue weighted by Gasteiger charge is -2.15. The summed E-state index contributed by atoms with van der Waals surface area (Å²) in [6, 6.07) is 14.2. The summed E-state index contributed by atoms with van der Waals surface area (Å²) in [5.41, 5.74) is 8.48. The second-order valence-electron chi connectivity index (χ2n) is 4.81. The number of nitrogens with one attached hydrogen (secondary N) is 1. The maximum Gasteiger partial charge on any atom is 0.245 e. The molecule has 21 heavy (non-hydrogen) atoms. The van der Waals surface area contributed by atoms with E-state index in [0.717, 1.165) is 11.1 Å². The van der Waals surface area contributed by atoms with Gasteiger partial charge in [0.05, 0.1) is 12.3 Å². The van der Waals surface area contributed by atoms with Gasteiger partial charge in [0, 0.05) is 0 Å². The zero-order chi connectivity index (χ0) is 15.2. The highest BCUT2D eigenvalue weighted by Crippen LogP contribution is 2.26. The van der Waals surface area contributed by atoms with E-state index in [1.165, 1.54) is 0 Å². The highest BCUT2D eigenvalue weighted by Gasteiger charge is 2.17. The first-order valence-corrected chi connectivity index (χ1v) is 6.96. The summed E-state index contributed by atoms with van der Waals surface area (Å²) >= 11 is 0. The molecular weight excluding hydrogens is 264 g/mol. The predicted molar refractivity (Wildman–Crippen MR) is 84.3 cm³/mol. The summed E-state index contributed by atoms with van der Waals surface area (Å²) in [5, 5.41) is 2.83. The number of anilines is 1. The molecule has 0 heterocycles. The molecule has 110 valence electrons. The average molecular weight is 284 g/mol. The summed E-state index contributed by atoms with van der Waals surface area (Å²) < 4.78 is 5.55. The van der Waals surface area contributed by atoms with Crippen molar-refractivity contribution in [1.82, 2.24) is 0 Å². The van der Waals surface area contributed by atoms with E-state index in [9.17, 15) is 4.79 Å². The SMILES string of the molecule is CCOc1cc(C)ccc1NC(=O)[C@@H](N)c1ccccc1. The molecule has 0 aliphatic rings. The predicted octanol–water partition coefficient (Wildman–Crippen LogP) is 3.03. The molecule has 4 nitrogen and oxygen atoms in total. The molecule has 2 rings (SSSR count). The van der Waals surface area contributed by atoms with Crippen molar-refractivity contribution >= 4 is 11.6 Å². The number of hydrogen-bond donors (Lipinski definition) is 2. The van der Waals surface area contributed by atoms with Crippen LogP contribution in [0.3, 0.4) is 0 Å². The fraction of sp³-hybridized carbons (Fsp3) is 0.235. The standard InChI is InChI=1S/C17H20N2O2/c1-3-21-15-11-12(2)9-10-14(15)19-17(20)16(18)13-7-5-4-6-8-13/h4-11,16H,3,18H2,1-2H3,(H,19,20)/t16-/m0/s1. The van der Waals surface area contributed by atoms with Crippen molar-refractivity contribution in [2.45, 2.75) is 19.9 Å². The Hall–Kier alpha value is -2.33. The Bertz CT molecular complexity index is 611. The van der Waals surface area contributed by atoms with Gasteiger partial charge in [-0.25, -0.2) is 0 Å². The molecule has 3 N–H and O–H groups in total. The Morgan fingerprint density at radius 2 is 1.95 bits per heavy atom. The Labute approximate surface area is 124 Å². The first kappa shape index (κ1) is 15.1. The van der Waals surface area contributed by atoms with Crippen molar-refractivity contribution in [3.63, 3.8) is 0 Å². The van der Waals surface area contributed by atoms with Crippen molar-refractivity contribution in [3.05, 3.63) is 59.7 Å². The summed E-state index contributed by atoms with van der Waals surface area (Å²) in [6.07, 6.45) is 0. The van der Waals surface area contributed by atoms with E-state index in [4.69, 9.17) is 10.5 Å². The van der Waals surface area contributed by atoms with Crippen LogP contribution in [0, 0.1) is 6.92 Å². The van der Waals surface area contributed by atoms with Gasteiger partial charge in [0.2, 0.25) is 5.91 Å². The zero-order valence-corrected chi connectivity index (χ0v) is 12.3. The van der Waals surface area contributed by atoms with Crippen LogP contribution in [-0.2, 0) is 4.79 Å². The molecule has 0 saturated heterocycles. The molecule has 0 saturated carbocycles. The Balaban J connectivity index is 2.16. The number of amides is 1. The lowest BCUT2D eigenvalue weighted by Crippen LogP contribution is -2.27. The molecular formula is C17H20N2O2. The lowest BCUT2D eigenvalue weighted by atomic mass is 10.1. The van der Waals surface area contributed by atoms with E-state index in [1.807, 2.05) is 62.4 Å². The van der Waals surface area contributed by atoms with Gasteiger partial charge in [0.25, 0.3) is 0 Å². The van der Waals surface area contributed by atoms with E-state index in [2.05, 4.69) is 5.32 Å². The smallest absolute Gasteiger partial charge is 0.245 e. The molecule has 4 heteroatoms. The maximum absolute atomic E-state index is 12.3. The van der Waals surface area contributed by atoms with Crippen molar-refractivity contribution in [1.29, 1.82) is 0 Å². The number of carbonyl (C=O) groups is 1. The molecule has 0 spiro atoms. The van der Waals surface area contributed by atoms with Crippen molar-refractivity contribution in [2.24, 2.45) is 5.73 Å². The first-order valence-electron chi connectivity index (χ1n) is 6.96. The van der Waals surface area contributed by atoms with Crippen LogP contribution in [0.1, 0.15) is 24.1 Å². The molecule has 1 amide bonds. The third-order valence-corrected chi connectivity index (χ3v) is 3.14. The lowest BCUT2D eigenvalue weighted by molar-refractivity contribution is -0.117. The van der Waals surface area contributed by atoms with Crippen LogP contribution >= 0.6 is 0 Å². The van der Waals surface area contributed by atoms with E-state index < -0.39 is 6.04 Å². The summed E-state index contributed by atoms with van der Waals surface area (Å²) in [4.78, 5) is 12.3. The molecule has 0 bridgehead atoms. The number of hydrogen-bond acceptors (Lipinski definition) is 3. The fourth-order valence-electron chi connectivity index (χ4n) is 2.03. The largest absolute Gasteiger partial charge is 0.492 e. The van der Waals surface area contributed by atoms with Gasteiger partial charge < -0.3 is 15.8 Å². The summed E-state index contributed by atoms with van der Waals surface area (Å²) in [5.74, 6) is 0.400.